The first kappa shape index (κ1) is 22.0. The molecule has 0 bridgehead atoms. The van der Waals surface area contributed by atoms with Crippen LogP contribution in [0.5, 0.6) is 0 Å². The van der Waals surface area contributed by atoms with Crippen molar-refractivity contribution in [3.63, 3.8) is 0 Å². The number of pyridine rings is 1. The van der Waals surface area contributed by atoms with Crippen LogP contribution in [0.4, 0.5) is 0 Å². The van der Waals surface area contributed by atoms with Crippen molar-refractivity contribution in [1.29, 1.82) is 0 Å². The van der Waals surface area contributed by atoms with Gasteiger partial charge in [-0.25, -0.2) is 9.36 Å². The van der Waals surface area contributed by atoms with E-state index in [-0.39, 0.29) is 5.91 Å². The van der Waals surface area contributed by atoms with Gasteiger partial charge in [0, 0.05) is 55.0 Å². The molecule has 5 aromatic rings. The van der Waals surface area contributed by atoms with Gasteiger partial charge in [-0.15, -0.1) is 0 Å². The van der Waals surface area contributed by atoms with Crippen molar-refractivity contribution in [3.05, 3.63) is 121 Å². The number of benzene rings is 2. The summed E-state index contributed by atoms with van der Waals surface area (Å²) in [6.07, 6.45) is 11.3. The van der Waals surface area contributed by atoms with Crippen molar-refractivity contribution in [2.75, 3.05) is 6.54 Å². The normalized spacial score (nSPS) is 11.1. The summed E-state index contributed by atoms with van der Waals surface area (Å²) in [7, 11) is 0. The highest BCUT2D eigenvalue weighted by atomic mass is 16.1. The Morgan fingerprint density at radius 2 is 1.60 bits per heavy atom. The first-order valence-corrected chi connectivity index (χ1v) is 11.4. The molecule has 1 amide bonds. The molecule has 0 saturated heterocycles. The fourth-order valence-electron chi connectivity index (χ4n) is 3.71. The molecule has 0 saturated carbocycles. The number of para-hydroxylation sites is 2. The number of hydrogen-bond acceptors (Lipinski definition) is 4. The second kappa shape index (κ2) is 10.4. The van der Waals surface area contributed by atoms with E-state index < -0.39 is 0 Å². The number of amides is 1. The lowest BCUT2D eigenvalue weighted by Crippen LogP contribution is -2.23. The number of hydrogen-bond donors (Lipinski definition) is 1. The number of nitrogens with zero attached hydrogens (tertiary/aromatic N) is 5. The maximum absolute atomic E-state index is 12.5. The van der Waals surface area contributed by atoms with Crippen molar-refractivity contribution in [2.45, 2.75) is 6.42 Å². The summed E-state index contributed by atoms with van der Waals surface area (Å²) in [6.45, 7) is 0.494. The lowest BCUT2D eigenvalue weighted by Gasteiger charge is -2.01. The van der Waals surface area contributed by atoms with E-state index in [9.17, 15) is 4.79 Å². The van der Waals surface area contributed by atoms with Crippen molar-refractivity contribution >= 4 is 12.0 Å². The molecule has 0 atom stereocenters. The second-order valence-electron chi connectivity index (χ2n) is 7.92. The maximum atomic E-state index is 12.5. The van der Waals surface area contributed by atoms with Crippen LogP contribution in [-0.4, -0.2) is 37.0 Å². The third-order valence-corrected chi connectivity index (χ3v) is 5.46. The minimum absolute atomic E-state index is 0.169. The summed E-state index contributed by atoms with van der Waals surface area (Å²) in [6, 6.07) is 25.6. The molecule has 3 aromatic heterocycles. The van der Waals surface area contributed by atoms with Crippen LogP contribution in [0.2, 0.25) is 0 Å². The zero-order chi connectivity index (χ0) is 23.9. The van der Waals surface area contributed by atoms with Gasteiger partial charge in [0.2, 0.25) is 5.91 Å². The van der Waals surface area contributed by atoms with Gasteiger partial charge in [0.05, 0.1) is 17.1 Å². The Kier molecular flexibility index (Phi) is 6.57. The summed E-state index contributed by atoms with van der Waals surface area (Å²) in [4.78, 5) is 16.7. The molecule has 0 aliphatic heterocycles. The number of carbonyl (C=O) groups excluding carboxylic acids is 1. The molecule has 7 heteroatoms. The highest BCUT2D eigenvalue weighted by molar-refractivity contribution is 5.92. The van der Waals surface area contributed by atoms with Gasteiger partial charge in [0.1, 0.15) is 5.69 Å². The van der Waals surface area contributed by atoms with Crippen molar-refractivity contribution in [1.82, 2.24) is 29.9 Å². The Labute approximate surface area is 203 Å². The van der Waals surface area contributed by atoms with E-state index in [2.05, 4.69) is 15.4 Å². The Balaban J connectivity index is 1.25. The summed E-state index contributed by atoms with van der Waals surface area (Å²) in [5, 5.41) is 12.3. The fraction of sp³-hybridized carbons (Fsp3) is 0.0714. The Morgan fingerprint density at radius 3 is 2.31 bits per heavy atom. The van der Waals surface area contributed by atoms with E-state index in [1.165, 1.54) is 6.08 Å². The summed E-state index contributed by atoms with van der Waals surface area (Å²) >= 11 is 0. The molecule has 0 spiro atoms. The van der Waals surface area contributed by atoms with E-state index in [0.29, 0.717) is 13.0 Å². The molecule has 0 radical (unpaired) electrons. The van der Waals surface area contributed by atoms with Gasteiger partial charge >= 0.3 is 0 Å². The Hall–Kier alpha value is -4.78. The van der Waals surface area contributed by atoms with Crippen LogP contribution in [0.25, 0.3) is 28.7 Å². The molecular weight excluding hydrogens is 436 g/mol. The van der Waals surface area contributed by atoms with Gasteiger partial charge in [-0.1, -0.05) is 36.4 Å². The van der Waals surface area contributed by atoms with Gasteiger partial charge in [-0.2, -0.15) is 10.2 Å². The quantitative estimate of drug-likeness (QED) is 0.346. The fourth-order valence-corrected chi connectivity index (χ4v) is 3.71. The molecule has 0 fully saturated rings. The van der Waals surface area contributed by atoms with Crippen LogP contribution in [0.15, 0.2) is 110 Å². The lowest BCUT2D eigenvalue weighted by atomic mass is 10.1. The molecule has 35 heavy (non-hydrogen) atoms. The monoisotopic (exact) mass is 460 g/mol. The van der Waals surface area contributed by atoms with Crippen molar-refractivity contribution in [2.24, 2.45) is 0 Å². The summed E-state index contributed by atoms with van der Waals surface area (Å²) in [5.41, 5.74) is 5.34. The van der Waals surface area contributed by atoms with Crippen LogP contribution < -0.4 is 5.32 Å². The molecule has 1 N–H and O–H groups in total. The standard InChI is InChI=1S/C28H24N6O/c35-27(30-18-15-24-16-19-33(31-24)25-9-3-1-4-10-25)14-13-23-21-34(26-11-5-2-6-12-26)32-28(23)22-8-7-17-29-20-22/h1-14,16-17,19-21H,15,18H2,(H,30,35). The number of nitrogens with one attached hydrogen (secondary N) is 1. The Bertz CT molecular complexity index is 1420. The highest BCUT2D eigenvalue weighted by Gasteiger charge is 2.11. The minimum Gasteiger partial charge on any atom is -0.352 e. The van der Waals surface area contributed by atoms with Crippen LogP contribution in [0, 0.1) is 0 Å². The predicted octanol–water partition coefficient (Wildman–Crippen LogP) is 4.49. The Morgan fingerprint density at radius 1 is 0.857 bits per heavy atom. The molecule has 3 heterocycles. The van der Waals surface area contributed by atoms with E-state index in [1.807, 2.05) is 101 Å². The SMILES string of the molecule is O=C(C=Cc1cn(-c2ccccc2)nc1-c1cccnc1)NCCc1ccn(-c2ccccc2)n1. The highest BCUT2D eigenvalue weighted by Crippen LogP contribution is 2.24. The van der Waals surface area contributed by atoms with E-state index >= 15 is 0 Å². The van der Waals surface area contributed by atoms with Crippen LogP contribution >= 0.6 is 0 Å². The molecule has 0 aliphatic rings. The number of carbonyl (C=O) groups is 1. The first-order valence-electron chi connectivity index (χ1n) is 11.4. The third-order valence-electron chi connectivity index (χ3n) is 5.46. The number of rotatable bonds is 8. The van der Waals surface area contributed by atoms with Gasteiger partial charge < -0.3 is 5.32 Å². The largest absolute Gasteiger partial charge is 0.352 e. The van der Waals surface area contributed by atoms with Crippen LogP contribution in [0.3, 0.4) is 0 Å². The topological polar surface area (TPSA) is 77.6 Å². The molecule has 5 rings (SSSR count). The van der Waals surface area contributed by atoms with Gasteiger partial charge in [0.25, 0.3) is 0 Å². The van der Waals surface area contributed by atoms with E-state index in [0.717, 1.165) is 33.9 Å². The second-order valence-corrected chi connectivity index (χ2v) is 7.92. The average Bonchev–Trinajstić information content (AvgIpc) is 3.57. The molecule has 0 unspecified atom stereocenters. The lowest BCUT2D eigenvalue weighted by molar-refractivity contribution is -0.116. The molecule has 2 aromatic carbocycles. The summed E-state index contributed by atoms with van der Waals surface area (Å²) < 4.78 is 3.64. The van der Waals surface area contributed by atoms with Crippen LogP contribution in [0.1, 0.15) is 11.3 Å². The first-order chi connectivity index (χ1) is 17.3. The van der Waals surface area contributed by atoms with Gasteiger partial charge in [-0.05, 0) is 48.5 Å². The maximum Gasteiger partial charge on any atom is 0.244 e. The van der Waals surface area contributed by atoms with Gasteiger partial charge in [0.15, 0.2) is 0 Å². The zero-order valence-corrected chi connectivity index (χ0v) is 19.0. The predicted molar refractivity (Wildman–Crippen MR) is 136 cm³/mol. The molecular formula is C28H24N6O. The average molecular weight is 461 g/mol. The van der Waals surface area contributed by atoms with E-state index in [4.69, 9.17) is 5.10 Å². The van der Waals surface area contributed by atoms with Gasteiger partial charge in [-0.3, -0.25) is 9.78 Å². The summed E-state index contributed by atoms with van der Waals surface area (Å²) in [5.74, 6) is -0.169. The van der Waals surface area contributed by atoms with Crippen molar-refractivity contribution in [3.8, 4) is 22.6 Å². The van der Waals surface area contributed by atoms with Crippen LogP contribution in [-0.2, 0) is 11.2 Å². The van der Waals surface area contributed by atoms with Crippen molar-refractivity contribution < 1.29 is 4.79 Å². The third kappa shape index (κ3) is 5.42. The van der Waals surface area contributed by atoms with E-state index in [1.54, 1.807) is 18.5 Å². The molecule has 0 aliphatic carbocycles. The molecule has 172 valence electrons. The minimum atomic E-state index is -0.169. The number of aromatic nitrogens is 5. The zero-order valence-electron chi connectivity index (χ0n) is 19.0. The smallest absolute Gasteiger partial charge is 0.244 e. The molecule has 7 nitrogen and oxygen atoms in total.